The Kier molecular flexibility index (Phi) is 18.5. The zero-order valence-electron chi connectivity index (χ0n) is 36.3. The maximum atomic E-state index is 14.3. The molecule has 0 aromatic heterocycles. The second-order valence-corrected chi connectivity index (χ2v) is 17.1. The molecule has 64 heavy (non-hydrogen) atoms. The number of carbonyl (C=O) groups excluding carboxylic acids is 4. The number of carboxylic acid groups (broad SMARTS) is 1. The number of fused-ring (bicyclic) bond motifs is 3. The van der Waals surface area contributed by atoms with Crippen LogP contribution in [0.3, 0.4) is 0 Å². The van der Waals surface area contributed by atoms with E-state index in [1.807, 2.05) is 48.5 Å². The molecule has 4 aromatic rings. The molecule has 16 heteroatoms. The van der Waals surface area contributed by atoms with Gasteiger partial charge in [0.15, 0.2) is 0 Å². The summed E-state index contributed by atoms with van der Waals surface area (Å²) in [7, 11) is 0. The number of carboxylic acids is 1. The summed E-state index contributed by atoms with van der Waals surface area (Å²) in [5.74, 6) is -1.55. The molecule has 0 saturated heterocycles. The lowest BCUT2D eigenvalue weighted by atomic mass is 9.98. The van der Waals surface area contributed by atoms with E-state index in [1.165, 1.54) is 0 Å². The number of amides is 4. The Bertz CT molecular complexity index is 2170. The average Bonchev–Trinajstić information content (AvgIpc) is 3.57. The lowest BCUT2D eigenvalue weighted by Crippen LogP contribution is -2.53. The van der Waals surface area contributed by atoms with Gasteiger partial charge in [0.25, 0.3) is 0 Å². The first-order valence-corrected chi connectivity index (χ1v) is 22.1. The highest BCUT2D eigenvalue weighted by molar-refractivity contribution is 6.31. The molecular weight excluding hydrogens is 863 g/mol. The van der Waals surface area contributed by atoms with Crippen LogP contribution in [0.25, 0.3) is 11.1 Å². The topological polar surface area (TPSA) is 182 Å². The second-order valence-electron chi connectivity index (χ2n) is 16.3. The summed E-state index contributed by atoms with van der Waals surface area (Å²) < 4.78 is 22.1. The number of hydrogen-bond acceptors (Lipinski definition) is 9. The number of rotatable bonds is 21. The van der Waals surface area contributed by atoms with Gasteiger partial charge < -0.3 is 40.0 Å². The second kappa shape index (κ2) is 24.2. The number of alkyl carbamates (subject to hydrolysis) is 3. The lowest BCUT2D eigenvalue weighted by molar-refractivity contribution is -0.143. The van der Waals surface area contributed by atoms with E-state index in [0.29, 0.717) is 46.9 Å². The van der Waals surface area contributed by atoms with Crippen molar-refractivity contribution < 1.29 is 48.0 Å². The number of ether oxygens (including phenoxy) is 4. The molecule has 0 radical (unpaired) electrons. The highest BCUT2D eigenvalue weighted by Gasteiger charge is 2.35. The Morgan fingerprint density at radius 3 is 1.64 bits per heavy atom. The van der Waals surface area contributed by atoms with Gasteiger partial charge in [-0.3, -0.25) is 4.90 Å². The minimum absolute atomic E-state index is 0.00262. The molecule has 14 nitrogen and oxygen atoms in total. The monoisotopic (exact) mass is 918 g/mol. The van der Waals surface area contributed by atoms with Crippen LogP contribution in [0.5, 0.6) is 0 Å². The molecule has 2 atom stereocenters. The van der Waals surface area contributed by atoms with Crippen LogP contribution in [0.4, 0.5) is 19.2 Å². The van der Waals surface area contributed by atoms with Crippen molar-refractivity contribution in [3.63, 3.8) is 0 Å². The van der Waals surface area contributed by atoms with Gasteiger partial charge in [0.2, 0.25) is 0 Å². The van der Waals surface area contributed by atoms with E-state index >= 15 is 0 Å². The molecule has 0 spiro atoms. The van der Waals surface area contributed by atoms with Gasteiger partial charge in [0.1, 0.15) is 31.5 Å². The highest BCUT2D eigenvalue weighted by Crippen LogP contribution is 2.44. The van der Waals surface area contributed by atoms with Crippen LogP contribution in [0.15, 0.2) is 97.1 Å². The van der Waals surface area contributed by atoms with Crippen molar-refractivity contribution >= 4 is 53.5 Å². The number of unbranched alkanes of at least 4 members (excludes halogenated alkanes) is 2. The Hall–Kier alpha value is -5.99. The van der Waals surface area contributed by atoms with E-state index in [4.69, 9.17) is 42.1 Å². The van der Waals surface area contributed by atoms with Crippen LogP contribution in [0.2, 0.25) is 10.0 Å². The van der Waals surface area contributed by atoms with Gasteiger partial charge in [-0.05, 0) is 93.7 Å². The molecule has 0 aliphatic heterocycles. The smallest absolute Gasteiger partial charge is 0.410 e. The Balaban J connectivity index is 1.26. The first-order chi connectivity index (χ1) is 30.7. The molecule has 0 heterocycles. The summed E-state index contributed by atoms with van der Waals surface area (Å²) in [5.41, 5.74) is 4.52. The Morgan fingerprint density at radius 1 is 0.656 bits per heavy atom. The lowest BCUT2D eigenvalue weighted by Gasteiger charge is -2.33. The third-order valence-corrected chi connectivity index (χ3v) is 11.2. The fourth-order valence-corrected chi connectivity index (χ4v) is 7.70. The van der Waals surface area contributed by atoms with Gasteiger partial charge in [0, 0.05) is 52.8 Å². The number of hydrogen-bond donors (Lipinski definition) is 4. The maximum Gasteiger partial charge on any atom is 0.410 e. The normalized spacial score (nSPS) is 12.8. The molecule has 4 aromatic carbocycles. The van der Waals surface area contributed by atoms with Crippen LogP contribution in [-0.2, 0) is 37.0 Å². The quantitative estimate of drug-likeness (QED) is 0.0464. The minimum atomic E-state index is -1.36. The predicted octanol–water partition coefficient (Wildman–Crippen LogP) is 10.1. The van der Waals surface area contributed by atoms with Crippen LogP contribution in [0.1, 0.15) is 87.5 Å². The summed E-state index contributed by atoms with van der Waals surface area (Å²) in [4.78, 5) is 66.5. The van der Waals surface area contributed by atoms with Crippen molar-refractivity contribution in [3.05, 3.63) is 129 Å². The summed E-state index contributed by atoms with van der Waals surface area (Å²) in [5, 5.41) is 19.8. The number of nitrogens with one attached hydrogen (secondary N) is 3. The Labute approximate surface area is 383 Å². The van der Waals surface area contributed by atoms with Crippen LogP contribution in [0, 0.1) is 0 Å². The summed E-state index contributed by atoms with van der Waals surface area (Å²) >= 11 is 12.3. The molecule has 0 saturated carbocycles. The number of nitrogens with zero attached hydrogens (tertiary/aromatic N) is 1. The molecule has 0 fully saturated rings. The van der Waals surface area contributed by atoms with E-state index in [9.17, 15) is 29.1 Å². The molecule has 5 rings (SSSR count). The van der Waals surface area contributed by atoms with Crippen LogP contribution < -0.4 is 16.0 Å². The van der Waals surface area contributed by atoms with Crippen LogP contribution in [-0.4, -0.2) is 84.3 Å². The van der Waals surface area contributed by atoms with Crippen molar-refractivity contribution in [1.29, 1.82) is 0 Å². The summed E-state index contributed by atoms with van der Waals surface area (Å²) in [6.45, 7) is 5.27. The van der Waals surface area contributed by atoms with Crippen molar-refractivity contribution in [2.75, 3.05) is 26.2 Å². The van der Waals surface area contributed by atoms with E-state index in [0.717, 1.165) is 27.2 Å². The zero-order valence-corrected chi connectivity index (χ0v) is 37.8. The SMILES string of the molecule is CC(C)(C)OC(=O)N[C@@H](CCCCNC(=O)OCc1ccccc1Cl)CN(C(=O)OCC1c2ccccc2-c2ccccc21)[C@H](CCCCNC(=O)OCc1ccccc1Cl)C(=O)O. The molecule has 0 bridgehead atoms. The first-order valence-electron chi connectivity index (χ1n) is 21.3. The van der Waals surface area contributed by atoms with E-state index in [-0.39, 0.29) is 58.2 Å². The number of aliphatic carboxylic acids is 1. The first kappa shape index (κ1) is 49.0. The Morgan fingerprint density at radius 2 is 1.14 bits per heavy atom. The third kappa shape index (κ3) is 15.1. The average molecular weight is 920 g/mol. The van der Waals surface area contributed by atoms with Gasteiger partial charge >= 0.3 is 30.3 Å². The van der Waals surface area contributed by atoms with Gasteiger partial charge in [-0.1, -0.05) is 108 Å². The summed E-state index contributed by atoms with van der Waals surface area (Å²) in [6, 6.07) is 27.7. The minimum Gasteiger partial charge on any atom is -0.480 e. The standard InChI is InChI=1S/C48H56Cl2N4O10/c1-48(2,3)64-46(59)53-34(18-12-14-26-51-44(57)61-29-32-16-4-10-23-40(32)49)28-54(47(60)63-31-39-37-21-8-6-19-35(37)36-20-7-9-22-38(36)39)42(43(55)56)25-13-15-27-52-45(58)62-30-33-17-5-11-24-41(33)50/h4-11,16-17,19-24,34,39,42H,12-15,18,25-31H2,1-3H3,(H,51,57)(H,52,58)(H,53,59)(H,55,56)/t34-,42+/m0/s1. The molecular formula is C48H56Cl2N4O10. The van der Waals surface area contributed by atoms with Crippen molar-refractivity contribution in [1.82, 2.24) is 20.9 Å². The fraction of sp³-hybridized carbons (Fsp3) is 0.396. The highest BCUT2D eigenvalue weighted by atomic mass is 35.5. The predicted molar refractivity (Wildman–Crippen MR) is 243 cm³/mol. The van der Waals surface area contributed by atoms with E-state index < -0.39 is 48.0 Å². The molecule has 4 N–H and O–H groups in total. The number of carbonyl (C=O) groups is 5. The molecule has 342 valence electrons. The van der Waals surface area contributed by atoms with E-state index in [2.05, 4.69) is 16.0 Å². The molecule has 4 amide bonds. The van der Waals surface area contributed by atoms with Crippen molar-refractivity contribution in [2.45, 2.75) is 96.1 Å². The van der Waals surface area contributed by atoms with E-state index in [1.54, 1.807) is 69.3 Å². The molecule has 0 unspecified atom stereocenters. The zero-order chi connectivity index (χ0) is 46.1. The number of benzene rings is 4. The largest absolute Gasteiger partial charge is 0.480 e. The van der Waals surface area contributed by atoms with Crippen LogP contribution >= 0.6 is 23.2 Å². The van der Waals surface area contributed by atoms with Gasteiger partial charge in [-0.2, -0.15) is 0 Å². The summed E-state index contributed by atoms with van der Waals surface area (Å²) in [6.07, 6.45) is -0.999. The molecule has 1 aliphatic rings. The van der Waals surface area contributed by atoms with Crippen molar-refractivity contribution in [3.8, 4) is 11.1 Å². The fourth-order valence-electron chi connectivity index (χ4n) is 7.32. The van der Waals surface area contributed by atoms with Gasteiger partial charge in [0.05, 0.1) is 0 Å². The van der Waals surface area contributed by atoms with Crippen molar-refractivity contribution in [2.24, 2.45) is 0 Å². The number of halogens is 2. The molecule has 1 aliphatic carbocycles. The third-order valence-electron chi connectivity index (χ3n) is 10.4. The maximum absolute atomic E-state index is 14.3. The van der Waals surface area contributed by atoms with Gasteiger partial charge in [-0.15, -0.1) is 0 Å². The van der Waals surface area contributed by atoms with Gasteiger partial charge in [-0.25, -0.2) is 24.0 Å².